The first-order valence-corrected chi connectivity index (χ1v) is 9.81. The van der Waals surface area contributed by atoms with Crippen LogP contribution in [-0.2, 0) is 28.8 Å². The molecule has 0 aliphatic carbocycles. The first kappa shape index (κ1) is 27.8. The first-order valence-electron chi connectivity index (χ1n) is 9.81. The van der Waals surface area contributed by atoms with E-state index in [9.17, 15) is 33.9 Å². The van der Waals surface area contributed by atoms with Gasteiger partial charge in [0, 0.05) is 12.8 Å². The van der Waals surface area contributed by atoms with E-state index < -0.39 is 60.2 Å². The van der Waals surface area contributed by atoms with Crippen molar-refractivity contribution in [1.82, 2.24) is 16.0 Å². The monoisotopic (exact) mass is 444 g/mol. The van der Waals surface area contributed by atoms with Gasteiger partial charge in [0.2, 0.25) is 29.5 Å². The van der Waals surface area contributed by atoms with Crippen LogP contribution in [0.2, 0.25) is 0 Å². The average Bonchev–Trinajstić information content (AvgIpc) is 2.69. The average molecular weight is 444 g/mol. The van der Waals surface area contributed by atoms with Gasteiger partial charge in [0.1, 0.15) is 12.1 Å². The van der Waals surface area contributed by atoms with Crippen molar-refractivity contribution < 1.29 is 33.9 Å². The lowest BCUT2D eigenvalue weighted by atomic mass is 9.99. The number of carbonyl (C=O) groups excluding carboxylic acids is 5. The minimum Gasteiger partial charge on any atom is -0.480 e. The largest absolute Gasteiger partial charge is 0.480 e. The molecule has 0 radical (unpaired) electrons. The summed E-state index contributed by atoms with van der Waals surface area (Å²) in [6, 6.07) is -3.47. The standard InChI is InChI=1S/C18H32N6O7/c1-3-9(2)15(18(30)31)24-14(27)8-22-17(29)11(5-7-13(21)26)23-16(28)10(19)4-6-12(20)25/h9-11,15H,3-8,19H2,1-2H3,(H2,20,25)(H2,21,26)(H,22,29)(H,23,28)(H,24,27)(H,30,31). The van der Waals surface area contributed by atoms with Crippen molar-refractivity contribution in [1.29, 1.82) is 0 Å². The number of carboxylic acids is 1. The molecular formula is C18H32N6O7. The Labute approximate surface area is 179 Å². The molecule has 0 aliphatic heterocycles. The summed E-state index contributed by atoms with van der Waals surface area (Å²) in [5.74, 6) is -5.17. The first-order chi connectivity index (χ1) is 14.4. The Balaban J connectivity index is 4.95. The van der Waals surface area contributed by atoms with Crippen molar-refractivity contribution >= 4 is 35.5 Å². The minimum absolute atomic E-state index is 0.0417. The van der Waals surface area contributed by atoms with Gasteiger partial charge in [-0.3, -0.25) is 24.0 Å². The number of primary amides is 2. The Morgan fingerprint density at radius 3 is 1.94 bits per heavy atom. The summed E-state index contributed by atoms with van der Waals surface area (Å²) in [6.45, 7) is 2.89. The van der Waals surface area contributed by atoms with Crippen molar-refractivity contribution in [3.05, 3.63) is 0 Å². The number of aliphatic carboxylic acids is 1. The van der Waals surface area contributed by atoms with Gasteiger partial charge in [-0.25, -0.2) is 4.79 Å². The fourth-order valence-corrected chi connectivity index (χ4v) is 2.46. The topological polar surface area (TPSA) is 237 Å². The molecule has 13 nitrogen and oxygen atoms in total. The Kier molecular flexibility index (Phi) is 12.5. The molecule has 31 heavy (non-hydrogen) atoms. The fraction of sp³-hybridized carbons (Fsp3) is 0.667. The molecule has 0 saturated heterocycles. The second-order valence-electron chi connectivity index (χ2n) is 7.16. The number of hydrogen-bond donors (Lipinski definition) is 7. The molecule has 13 heteroatoms. The molecular weight excluding hydrogens is 412 g/mol. The Hall–Kier alpha value is -3.22. The van der Waals surface area contributed by atoms with E-state index in [1.807, 2.05) is 0 Å². The predicted molar refractivity (Wildman–Crippen MR) is 109 cm³/mol. The van der Waals surface area contributed by atoms with Gasteiger partial charge in [-0.05, 0) is 18.8 Å². The summed E-state index contributed by atoms with van der Waals surface area (Å²) in [5, 5.41) is 16.1. The molecule has 0 bridgehead atoms. The summed E-state index contributed by atoms with van der Waals surface area (Å²) >= 11 is 0. The van der Waals surface area contributed by atoms with E-state index in [2.05, 4.69) is 16.0 Å². The molecule has 0 heterocycles. The van der Waals surface area contributed by atoms with E-state index in [1.54, 1.807) is 13.8 Å². The zero-order chi connectivity index (χ0) is 24.1. The third kappa shape index (κ3) is 11.5. The van der Waals surface area contributed by atoms with E-state index in [4.69, 9.17) is 17.2 Å². The number of nitrogens with two attached hydrogens (primary N) is 3. The van der Waals surface area contributed by atoms with Crippen LogP contribution in [-0.4, -0.2) is 65.3 Å². The fourth-order valence-electron chi connectivity index (χ4n) is 2.46. The zero-order valence-electron chi connectivity index (χ0n) is 17.7. The molecule has 4 unspecified atom stereocenters. The highest BCUT2D eigenvalue weighted by Crippen LogP contribution is 2.07. The molecule has 0 aromatic heterocycles. The number of nitrogens with one attached hydrogen (secondary N) is 3. The minimum atomic E-state index is -1.22. The summed E-state index contributed by atoms with van der Waals surface area (Å²) in [4.78, 5) is 69.7. The normalized spacial score (nSPS) is 14.4. The van der Waals surface area contributed by atoms with Crippen LogP contribution in [0.25, 0.3) is 0 Å². The summed E-state index contributed by atoms with van der Waals surface area (Å²) < 4.78 is 0. The highest BCUT2D eigenvalue weighted by molar-refractivity contribution is 5.93. The Morgan fingerprint density at radius 2 is 1.45 bits per heavy atom. The molecule has 0 aromatic carbocycles. The van der Waals surface area contributed by atoms with Crippen LogP contribution >= 0.6 is 0 Å². The summed E-state index contributed by atoms with van der Waals surface area (Å²) in [5.41, 5.74) is 15.7. The quantitative estimate of drug-likeness (QED) is 0.137. The van der Waals surface area contributed by atoms with E-state index in [-0.39, 0.29) is 31.6 Å². The van der Waals surface area contributed by atoms with Crippen LogP contribution in [0.1, 0.15) is 46.0 Å². The smallest absolute Gasteiger partial charge is 0.326 e. The number of rotatable bonds is 15. The molecule has 0 aliphatic rings. The lowest BCUT2D eigenvalue weighted by molar-refractivity contribution is -0.143. The molecule has 0 aromatic rings. The molecule has 0 spiro atoms. The van der Waals surface area contributed by atoms with Gasteiger partial charge in [0.15, 0.2) is 0 Å². The molecule has 4 atom stereocenters. The number of hydrogen-bond acceptors (Lipinski definition) is 7. The van der Waals surface area contributed by atoms with Crippen molar-refractivity contribution in [3.63, 3.8) is 0 Å². The molecule has 0 saturated carbocycles. The molecule has 0 fully saturated rings. The van der Waals surface area contributed by atoms with Crippen LogP contribution < -0.4 is 33.2 Å². The summed E-state index contributed by atoms with van der Waals surface area (Å²) in [7, 11) is 0. The Morgan fingerprint density at radius 1 is 0.903 bits per heavy atom. The van der Waals surface area contributed by atoms with Gasteiger partial charge in [0.05, 0.1) is 12.6 Å². The lowest BCUT2D eigenvalue weighted by Gasteiger charge is -2.22. The maximum atomic E-state index is 12.4. The second-order valence-corrected chi connectivity index (χ2v) is 7.16. The van der Waals surface area contributed by atoms with E-state index in [0.717, 1.165) is 0 Å². The van der Waals surface area contributed by atoms with Crippen molar-refractivity contribution in [2.24, 2.45) is 23.1 Å². The maximum Gasteiger partial charge on any atom is 0.326 e. The summed E-state index contributed by atoms with van der Waals surface area (Å²) in [6.07, 6.45) is -0.0353. The zero-order valence-corrected chi connectivity index (χ0v) is 17.7. The van der Waals surface area contributed by atoms with Crippen LogP contribution in [0.3, 0.4) is 0 Å². The lowest BCUT2D eigenvalue weighted by Crippen LogP contribution is -2.54. The van der Waals surface area contributed by atoms with Gasteiger partial charge in [-0.1, -0.05) is 20.3 Å². The van der Waals surface area contributed by atoms with Crippen molar-refractivity contribution in [3.8, 4) is 0 Å². The third-order valence-electron chi connectivity index (χ3n) is 4.57. The van der Waals surface area contributed by atoms with Crippen LogP contribution in [0.5, 0.6) is 0 Å². The van der Waals surface area contributed by atoms with E-state index in [1.165, 1.54) is 0 Å². The number of carboxylic acid groups (broad SMARTS) is 1. The van der Waals surface area contributed by atoms with E-state index in [0.29, 0.717) is 6.42 Å². The maximum absolute atomic E-state index is 12.4. The predicted octanol–water partition coefficient (Wildman–Crippen LogP) is -2.94. The molecule has 10 N–H and O–H groups in total. The second kappa shape index (κ2) is 13.9. The van der Waals surface area contributed by atoms with Gasteiger partial charge in [-0.15, -0.1) is 0 Å². The van der Waals surface area contributed by atoms with Crippen LogP contribution in [0.4, 0.5) is 0 Å². The highest BCUT2D eigenvalue weighted by atomic mass is 16.4. The van der Waals surface area contributed by atoms with Crippen molar-refractivity contribution in [2.75, 3.05) is 6.54 Å². The SMILES string of the molecule is CCC(C)C(NC(=O)CNC(=O)C(CCC(N)=O)NC(=O)C(N)CCC(N)=O)C(=O)O. The van der Waals surface area contributed by atoms with Gasteiger partial charge >= 0.3 is 5.97 Å². The Bertz CT molecular complexity index is 684. The van der Waals surface area contributed by atoms with E-state index >= 15 is 0 Å². The highest BCUT2D eigenvalue weighted by Gasteiger charge is 2.27. The molecule has 176 valence electrons. The van der Waals surface area contributed by atoms with Crippen LogP contribution in [0, 0.1) is 5.92 Å². The van der Waals surface area contributed by atoms with Gasteiger partial charge in [-0.2, -0.15) is 0 Å². The van der Waals surface area contributed by atoms with Crippen molar-refractivity contribution in [2.45, 2.75) is 64.1 Å². The third-order valence-corrected chi connectivity index (χ3v) is 4.57. The number of amides is 5. The number of carbonyl (C=O) groups is 6. The van der Waals surface area contributed by atoms with Gasteiger partial charge < -0.3 is 38.3 Å². The van der Waals surface area contributed by atoms with Gasteiger partial charge in [0.25, 0.3) is 0 Å². The van der Waals surface area contributed by atoms with Crippen LogP contribution in [0.15, 0.2) is 0 Å². The molecule has 5 amide bonds. The molecule has 0 rings (SSSR count).